The number of aliphatic imine (C=N–C) groups is 2. The maximum absolute atomic E-state index is 6.77. The molecule has 1 aliphatic heterocycles. The van der Waals surface area contributed by atoms with Gasteiger partial charge in [-0.2, -0.15) is 0 Å². The second-order valence-electron chi connectivity index (χ2n) is 13.0. The normalized spacial score (nSPS) is 14.5. The largest absolute Gasteiger partial charge is 0.455 e. The number of hydrogen-bond acceptors (Lipinski definition) is 4. The summed E-state index contributed by atoms with van der Waals surface area (Å²) >= 11 is 0. The molecule has 1 unspecified atom stereocenters. The fourth-order valence-electron chi connectivity index (χ4n) is 7.40. The van der Waals surface area contributed by atoms with Crippen molar-refractivity contribution in [3.63, 3.8) is 0 Å². The first kappa shape index (κ1) is 29.2. The van der Waals surface area contributed by atoms with E-state index < -0.39 is 0 Å². The van der Waals surface area contributed by atoms with Gasteiger partial charge < -0.3 is 9.73 Å². The fraction of sp³-hybridized carbons (Fsp3) is 0.0213. The highest BCUT2D eigenvalue weighted by atomic mass is 16.3. The Morgan fingerprint density at radius 2 is 1.10 bits per heavy atom. The molecule has 2 heterocycles. The van der Waals surface area contributed by atoms with E-state index in [1.54, 1.807) is 0 Å². The predicted octanol–water partition coefficient (Wildman–Crippen LogP) is 11.7. The zero-order chi connectivity index (χ0) is 33.7. The van der Waals surface area contributed by atoms with Crippen LogP contribution in [-0.4, -0.2) is 11.7 Å². The third kappa shape index (κ3) is 5.08. The van der Waals surface area contributed by atoms with Crippen LogP contribution < -0.4 is 5.32 Å². The molecule has 10 rings (SSSR count). The number of benzene rings is 8. The summed E-state index contributed by atoms with van der Waals surface area (Å²) < 4.78 is 6.77. The molecule has 1 N–H and O–H groups in total. The Hall–Kier alpha value is -6.78. The van der Waals surface area contributed by atoms with E-state index >= 15 is 0 Å². The van der Waals surface area contributed by atoms with Crippen molar-refractivity contribution in [3.05, 3.63) is 193 Å². The van der Waals surface area contributed by atoms with E-state index in [-0.39, 0.29) is 6.17 Å². The Labute approximate surface area is 295 Å². The maximum atomic E-state index is 6.77. The van der Waals surface area contributed by atoms with Crippen LogP contribution in [0.2, 0.25) is 0 Å². The van der Waals surface area contributed by atoms with Crippen molar-refractivity contribution in [3.8, 4) is 22.3 Å². The minimum absolute atomic E-state index is 0.325. The van der Waals surface area contributed by atoms with E-state index in [0.29, 0.717) is 5.84 Å². The van der Waals surface area contributed by atoms with Gasteiger partial charge in [-0.05, 0) is 68.1 Å². The summed E-state index contributed by atoms with van der Waals surface area (Å²) in [6.07, 6.45) is -0.325. The van der Waals surface area contributed by atoms with E-state index in [4.69, 9.17) is 14.4 Å². The average molecular weight is 654 g/mol. The van der Waals surface area contributed by atoms with Crippen molar-refractivity contribution in [1.82, 2.24) is 5.32 Å². The number of hydrogen-bond donors (Lipinski definition) is 1. The number of furan rings is 1. The summed E-state index contributed by atoms with van der Waals surface area (Å²) in [6.45, 7) is 0. The molecule has 0 fully saturated rings. The van der Waals surface area contributed by atoms with Crippen molar-refractivity contribution >= 4 is 55.2 Å². The number of amidine groups is 2. The molecule has 0 amide bonds. The average Bonchev–Trinajstić information content (AvgIpc) is 3.58. The van der Waals surface area contributed by atoms with Crippen LogP contribution in [-0.2, 0) is 0 Å². The van der Waals surface area contributed by atoms with E-state index in [0.717, 1.165) is 71.9 Å². The summed E-state index contributed by atoms with van der Waals surface area (Å²) in [4.78, 5) is 10.4. The highest BCUT2D eigenvalue weighted by Gasteiger charge is 2.25. The first-order chi connectivity index (χ1) is 25.3. The lowest BCUT2D eigenvalue weighted by molar-refractivity contribution is 0.669. The fourth-order valence-corrected chi connectivity index (χ4v) is 7.40. The van der Waals surface area contributed by atoms with Crippen LogP contribution in [0.15, 0.2) is 190 Å². The van der Waals surface area contributed by atoms with Crippen LogP contribution in [0, 0.1) is 0 Å². The van der Waals surface area contributed by atoms with Crippen molar-refractivity contribution in [1.29, 1.82) is 0 Å². The molecule has 1 atom stereocenters. The van der Waals surface area contributed by atoms with Gasteiger partial charge in [0, 0.05) is 27.5 Å². The molecular formula is C47H31N3O. The highest BCUT2D eigenvalue weighted by molar-refractivity contribution is 6.24. The lowest BCUT2D eigenvalue weighted by atomic mass is 9.96. The molecule has 0 saturated heterocycles. The van der Waals surface area contributed by atoms with Crippen LogP contribution >= 0.6 is 0 Å². The Balaban J connectivity index is 1.16. The number of rotatable bonds is 5. The molecule has 1 aromatic heterocycles. The molecule has 1 aliphatic rings. The number of nitrogens with one attached hydrogen (secondary N) is 1. The number of nitrogens with zero attached hydrogens (tertiary/aromatic N) is 2. The topological polar surface area (TPSA) is 49.9 Å². The third-order valence-corrected chi connectivity index (χ3v) is 9.93. The monoisotopic (exact) mass is 653 g/mol. The minimum Gasteiger partial charge on any atom is -0.455 e. The molecule has 0 saturated carbocycles. The molecule has 0 aliphatic carbocycles. The van der Waals surface area contributed by atoms with Gasteiger partial charge in [-0.25, -0.2) is 9.98 Å². The maximum Gasteiger partial charge on any atom is 0.159 e. The highest BCUT2D eigenvalue weighted by Crippen LogP contribution is 2.40. The van der Waals surface area contributed by atoms with E-state index in [1.807, 2.05) is 12.1 Å². The second kappa shape index (κ2) is 12.0. The van der Waals surface area contributed by atoms with Gasteiger partial charge in [0.25, 0.3) is 0 Å². The van der Waals surface area contributed by atoms with Gasteiger partial charge in [-0.1, -0.05) is 152 Å². The Morgan fingerprint density at radius 1 is 0.471 bits per heavy atom. The Bertz CT molecular complexity index is 2810. The first-order valence-electron chi connectivity index (χ1n) is 17.3. The van der Waals surface area contributed by atoms with Crippen molar-refractivity contribution in [2.24, 2.45) is 9.98 Å². The minimum atomic E-state index is -0.325. The molecule has 9 aromatic rings. The van der Waals surface area contributed by atoms with Crippen LogP contribution in [0.25, 0.3) is 65.7 Å². The first-order valence-corrected chi connectivity index (χ1v) is 17.3. The Kier molecular flexibility index (Phi) is 6.85. The SMILES string of the molecule is c1ccc(-c2ccc(C3=NC(c4ccc(-c5cccc6ccccc56)cc4)=NC(c4ccccc4)N3)c3c2oc2cc4ccccc4cc23)cc1. The van der Waals surface area contributed by atoms with Crippen LogP contribution in [0.3, 0.4) is 0 Å². The lowest BCUT2D eigenvalue weighted by Crippen LogP contribution is -2.33. The second-order valence-corrected chi connectivity index (χ2v) is 13.0. The Morgan fingerprint density at radius 3 is 1.90 bits per heavy atom. The number of fused-ring (bicyclic) bond motifs is 5. The summed E-state index contributed by atoms with van der Waals surface area (Å²) in [6, 6.07) is 61.6. The molecule has 0 radical (unpaired) electrons. The predicted molar refractivity (Wildman–Crippen MR) is 211 cm³/mol. The van der Waals surface area contributed by atoms with Crippen LogP contribution in [0.5, 0.6) is 0 Å². The van der Waals surface area contributed by atoms with Crippen molar-refractivity contribution < 1.29 is 4.42 Å². The third-order valence-electron chi connectivity index (χ3n) is 9.93. The van der Waals surface area contributed by atoms with Gasteiger partial charge in [0.15, 0.2) is 5.84 Å². The van der Waals surface area contributed by atoms with Gasteiger partial charge in [-0.3, -0.25) is 0 Å². The molecule has 240 valence electrons. The molecule has 0 spiro atoms. The van der Waals surface area contributed by atoms with Gasteiger partial charge in [0.1, 0.15) is 23.2 Å². The van der Waals surface area contributed by atoms with Gasteiger partial charge in [-0.15, -0.1) is 0 Å². The summed E-state index contributed by atoms with van der Waals surface area (Å²) in [5, 5.41) is 10.6. The smallest absolute Gasteiger partial charge is 0.159 e. The molecule has 0 bridgehead atoms. The van der Waals surface area contributed by atoms with Gasteiger partial charge in [0.2, 0.25) is 0 Å². The lowest BCUT2D eigenvalue weighted by Gasteiger charge is -2.24. The molecule has 4 nitrogen and oxygen atoms in total. The summed E-state index contributed by atoms with van der Waals surface area (Å²) in [5.74, 6) is 1.44. The van der Waals surface area contributed by atoms with Crippen LogP contribution in [0.4, 0.5) is 0 Å². The molecule has 4 heteroatoms. The van der Waals surface area contributed by atoms with E-state index in [9.17, 15) is 0 Å². The molecule has 8 aromatic carbocycles. The van der Waals surface area contributed by atoms with E-state index in [1.165, 1.54) is 16.3 Å². The quantitative estimate of drug-likeness (QED) is 0.201. The zero-order valence-corrected chi connectivity index (χ0v) is 27.6. The van der Waals surface area contributed by atoms with Gasteiger partial charge in [0.05, 0.1) is 0 Å². The summed E-state index contributed by atoms with van der Waals surface area (Å²) in [5.41, 5.74) is 9.20. The standard InChI is InChI=1S/C47H31N3O/c1-3-12-31(13-4-1)39-26-27-40(43-41-28-35-17-7-8-18-36(35)29-42(41)51-44(39)43)47-49-45(33-15-5-2-6-16-33)48-46(50-47)34-24-22-32(23-25-34)38-21-11-19-30-14-9-10-20-37(30)38/h1-29,45H,(H,48,49,50). The van der Waals surface area contributed by atoms with Crippen molar-refractivity contribution in [2.75, 3.05) is 0 Å². The molecule has 51 heavy (non-hydrogen) atoms. The van der Waals surface area contributed by atoms with Gasteiger partial charge >= 0.3 is 0 Å². The summed E-state index contributed by atoms with van der Waals surface area (Å²) in [7, 11) is 0. The van der Waals surface area contributed by atoms with Crippen molar-refractivity contribution in [2.45, 2.75) is 6.17 Å². The van der Waals surface area contributed by atoms with E-state index in [2.05, 4.69) is 169 Å². The van der Waals surface area contributed by atoms with Crippen LogP contribution in [0.1, 0.15) is 22.9 Å². The zero-order valence-electron chi connectivity index (χ0n) is 27.6. The molecular weight excluding hydrogens is 623 g/mol.